The van der Waals surface area contributed by atoms with E-state index in [2.05, 4.69) is 15.6 Å². The highest BCUT2D eigenvalue weighted by atomic mass is 35.5. The van der Waals surface area contributed by atoms with Crippen LogP contribution in [0.1, 0.15) is 22.9 Å². The Labute approximate surface area is 155 Å². The smallest absolute Gasteiger partial charge is 0.273 e. The van der Waals surface area contributed by atoms with E-state index in [0.717, 1.165) is 5.69 Å². The Morgan fingerprint density at radius 1 is 1.19 bits per heavy atom. The Morgan fingerprint density at radius 2 is 1.81 bits per heavy atom. The first-order valence-corrected chi connectivity index (χ1v) is 8.32. The molecule has 1 heterocycles. The van der Waals surface area contributed by atoms with Crippen molar-refractivity contribution in [3.63, 3.8) is 0 Å². The third-order valence-electron chi connectivity index (χ3n) is 3.78. The molecule has 3 rings (SSSR count). The Bertz CT molecular complexity index is 923. The van der Waals surface area contributed by atoms with Gasteiger partial charge < -0.3 is 5.11 Å². The van der Waals surface area contributed by atoms with E-state index in [1.165, 1.54) is 6.21 Å². The van der Waals surface area contributed by atoms with Crippen LogP contribution in [0.5, 0.6) is 0 Å². The van der Waals surface area contributed by atoms with Gasteiger partial charge in [-0.05, 0) is 24.6 Å². The van der Waals surface area contributed by atoms with Crippen LogP contribution in [0.25, 0.3) is 5.69 Å². The van der Waals surface area contributed by atoms with Gasteiger partial charge in [-0.2, -0.15) is 10.2 Å². The van der Waals surface area contributed by atoms with E-state index in [9.17, 15) is 9.90 Å². The first-order chi connectivity index (χ1) is 12.6. The lowest BCUT2D eigenvalue weighted by atomic mass is 10.1. The molecule has 2 N–H and O–H groups in total. The van der Waals surface area contributed by atoms with Crippen LogP contribution in [-0.2, 0) is 4.79 Å². The maximum Gasteiger partial charge on any atom is 0.273 e. The number of halogens is 1. The number of aliphatic hydroxyl groups is 1. The average Bonchev–Trinajstić information content (AvgIpc) is 2.97. The SMILES string of the molecule is Cc1nn(-c2ccccc2)c(Cl)c1/C=N\NC(=O)[C@H](O)c1ccccc1. The van der Waals surface area contributed by atoms with Crippen LogP contribution in [-0.4, -0.2) is 27.0 Å². The lowest BCUT2D eigenvalue weighted by molar-refractivity contribution is -0.129. The van der Waals surface area contributed by atoms with Crippen molar-refractivity contribution in [1.29, 1.82) is 0 Å². The van der Waals surface area contributed by atoms with Crippen LogP contribution in [0.2, 0.25) is 5.15 Å². The number of hydrogen-bond acceptors (Lipinski definition) is 4. The number of nitrogens with one attached hydrogen (secondary N) is 1. The van der Waals surface area contributed by atoms with Gasteiger partial charge in [0, 0.05) is 0 Å². The molecule has 0 saturated carbocycles. The third-order valence-corrected chi connectivity index (χ3v) is 4.14. The van der Waals surface area contributed by atoms with Gasteiger partial charge in [-0.15, -0.1) is 0 Å². The molecule has 3 aromatic rings. The van der Waals surface area contributed by atoms with Gasteiger partial charge in [-0.1, -0.05) is 60.1 Å². The van der Waals surface area contributed by atoms with Crippen LogP contribution >= 0.6 is 11.6 Å². The first-order valence-electron chi connectivity index (χ1n) is 7.94. The highest BCUT2D eigenvalue weighted by Crippen LogP contribution is 2.21. The van der Waals surface area contributed by atoms with E-state index in [1.54, 1.807) is 41.9 Å². The van der Waals surface area contributed by atoms with Crippen molar-refractivity contribution in [1.82, 2.24) is 15.2 Å². The second kappa shape index (κ2) is 7.95. The quantitative estimate of drug-likeness (QED) is 0.536. The number of carbonyl (C=O) groups excluding carboxylic acids is 1. The zero-order chi connectivity index (χ0) is 18.5. The second-order valence-electron chi connectivity index (χ2n) is 5.58. The average molecular weight is 369 g/mol. The Kier molecular flexibility index (Phi) is 5.46. The summed E-state index contributed by atoms with van der Waals surface area (Å²) in [7, 11) is 0. The predicted octanol–water partition coefficient (Wildman–Crippen LogP) is 3.02. The maximum absolute atomic E-state index is 12.0. The summed E-state index contributed by atoms with van der Waals surface area (Å²) in [5.41, 5.74) is 4.89. The topological polar surface area (TPSA) is 79.5 Å². The largest absolute Gasteiger partial charge is 0.378 e. The molecule has 1 amide bonds. The highest BCUT2D eigenvalue weighted by Gasteiger charge is 2.17. The van der Waals surface area contributed by atoms with Gasteiger partial charge in [0.2, 0.25) is 0 Å². The molecule has 132 valence electrons. The van der Waals surface area contributed by atoms with Crippen LogP contribution in [0.3, 0.4) is 0 Å². The van der Waals surface area contributed by atoms with Crippen molar-refractivity contribution >= 4 is 23.7 Å². The molecule has 26 heavy (non-hydrogen) atoms. The number of aromatic nitrogens is 2. The Hall–Kier alpha value is -2.96. The predicted molar refractivity (Wildman–Crippen MR) is 100 cm³/mol. The molecule has 0 unspecified atom stereocenters. The zero-order valence-corrected chi connectivity index (χ0v) is 14.8. The normalized spacial score (nSPS) is 12.3. The lowest BCUT2D eigenvalue weighted by Gasteiger charge is -2.08. The molecule has 0 fully saturated rings. The maximum atomic E-state index is 12.0. The number of carbonyl (C=O) groups is 1. The van der Waals surface area contributed by atoms with Crippen LogP contribution in [0.15, 0.2) is 65.8 Å². The standard InChI is InChI=1S/C19H17ClN4O2/c1-13-16(18(20)24(23-13)15-10-6-3-7-11-15)12-21-22-19(26)17(25)14-8-4-2-5-9-14/h2-12,17,25H,1H3,(H,22,26)/b21-12-/t17-/m1/s1. The molecule has 1 aromatic heterocycles. The monoisotopic (exact) mass is 368 g/mol. The van der Waals surface area contributed by atoms with Gasteiger partial charge in [0.15, 0.2) is 6.10 Å². The second-order valence-corrected chi connectivity index (χ2v) is 5.94. The van der Waals surface area contributed by atoms with E-state index in [4.69, 9.17) is 11.6 Å². The number of benzene rings is 2. The molecule has 2 aromatic carbocycles. The van der Waals surface area contributed by atoms with Crippen molar-refractivity contribution in [3.8, 4) is 5.69 Å². The van der Waals surface area contributed by atoms with Crippen LogP contribution in [0, 0.1) is 6.92 Å². The van der Waals surface area contributed by atoms with Crippen molar-refractivity contribution in [2.45, 2.75) is 13.0 Å². The summed E-state index contributed by atoms with van der Waals surface area (Å²) in [4.78, 5) is 12.0. The summed E-state index contributed by atoms with van der Waals surface area (Å²) in [5, 5.41) is 18.7. The van der Waals surface area contributed by atoms with Gasteiger partial charge >= 0.3 is 0 Å². The number of nitrogens with zero attached hydrogens (tertiary/aromatic N) is 3. The highest BCUT2D eigenvalue weighted by molar-refractivity contribution is 6.32. The molecular formula is C19H17ClN4O2. The van der Waals surface area contributed by atoms with Crippen molar-refractivity contribution in [3.05, 3.63) is 82.6 Å². The number of aryl methyl sites for hydroxylation is 1. The summed E-state index contributed by atoms with van der Waals surface area (Å²) in [6, 6.07) is 18.1. The fourth-order valence-corrected chi connectivity index (χ4v) is 2.73. The summed E-state index contributed by atoms with van der Waals surface area (Å²) < 4.78 is 1.60. The number of hydrazone groups is 1. The lowest BCUT2D eigenvalue weighted by Crippen LogP contribution is -2.25. The molecule has 0 spiro atoms. The van der Waals surface area contributed by atoms with Gasteiger partial charge in [-0.3, -0.25) is 4.79 Å². The van der Waals surface area contributed by atoms with Gasteiger partial charge in [-0.25, -0.2) is 10.1 Å². The van der Waals surface area contributed by atoms with E-state index in [0.29, 0.717) is 22.0 Å². The van der Waals surface area contributed by atoms with Crippen molar-refractivity contribution in [2.75, 3.05) is 0 Å². The minimum atomic E-state index is -1.29. The number of para-hydroxylation sites is 1. The molecule has 0 aliphatic heterocycles. The van der Waals surface area contributed by atoms with E-state index in [1.807, 2.05) is 30.3 Å². The number of aliphatic hydroxyl groups excluding tert-OH is 1. The molecule has 1 atom stereocenters. The van der Waals surface area contributed by atoms with Gasteiger partial charge in [0.05, 0.1) is 23.2 Å². The summed E-state index contributed by atoms with van der Waals surface area (Å²) in [6.45, 7) is 1.80. The van der Waals surface area contributed by atoms with Crippen LogP contribution < -0.4 is 5.43 Å². The Morgan fingerprint density at radius 3 is 2.46 bits per heavy atom. The van der Waals surface area contributed by atoms with Gasteiger partial charge in [0.1, 0.15) is 5.15 Å². The van der Waals surface area contributed by atoms with Gasteiger partial charge in [0.25, 0.3) is 5.91 Å². The molecule has 7 heteroatoms. The molecule has 0 radical (unpaired) electrons. The molecular weight excluding hydrogens is 352 g/mol. The molecule has 6 nitrogen and oxygen atoms in total. The fourth-order valence-electron chi connectivity index (χ4n) is 2.41. The zero-order valence-electron chi connectivity index (χ0n) is 14.0. The molecule has 0 bridgehead atoms. The van der Waals surface area contributed by atoms with E-state index >= 15 is 0 Å². The number of rotatable bonds is 5. The molecule has 0 aliphatic rings. The fraction of sp³-hybridized carbons (Fsp3) is 0.105. The summed E-state index contributed by atoms with van der Waals surface area (Å²) in [5.74, 6) is -0.628. The minimum absolute atomic E-state index is 0.385. The van der Waals surface area contributed by atoms with Crippen molar-refractivity contribution < 1.29 is 9.90 Å². The molecule has 0 saturated heterocycles. The van der Waals surface area contributed by atoms with E-state index in [-0.39, 0.29) is 0 Å². The summed E-state index contributed by atoms with van der Waals surface area (Å²) >= 11 is 6.39. The van der Waals surface area contributed by atoms with Crippen LogP contribution in [0.4, 0.5) is 0 Å². The third kappa shape index (κ3) is 3.82. The first kappa shape index (κ1) is 17.8. The molecule has 0 aliphatic carbocycles. The number of hydrogen-bond donors (Lipinski definition) is 2. The van der Waals surface area contributed by atoms with E-state index < -0.39 is 12.0 Å². The minimum Gasteiger partial charge on any atom is -0.378 e. The summed E-state index contributed by atoms with van der Waals surface area (Å²) in [6.07, 6.45) is 0.122. The number of amides is 1. The Balaban J connectivity index is 1.73. The van der Waals surface area contributed by atoms with Crippen molar-refractivity contribution in [2.24, 2.45) is 5.10 Å².